The third kappa shape index (κ3) is 2.97. The van der Waals surface area contributed by atoms with Gasteiger partial charge in [-0.2, -0.15) is 4.31 Å². The molecular weight excluding hydrogens is 295 g/mol. The second-order valence-electron chi connectivity index (χ2n) is 4.89. The van der Waals surface area contributed by atoms with Crippen LogP contribution in [-0.4, -0.2) is 37.5 Å². The van der Waals surface area contributed by atoms with Crippen LogP contribution in [0.25, 0.3) is 0 Å². The lowest BCUT2D eigenvalue weighted by Gasteiger charge is -2.20. The van der Waals surface area contributed by atoms with E-state index >= 15 is 0 Å². The molecule has 1 aromatic carbocycles. The predicted octanol–water partition coefficient (Wildman–Crippen LogP) is 1.50. The van der Waals surface area contributed by atoms with Gasteiger partial charge in [-0.15, -0.1) is 0 Å². The zero-order chi connectivity index (χ0) is 15.1. The Balaban J connectivity index is 2.27. The number of likely N-dealkylation sites (N-methyl/N-ethyl adjacent to an activating group) is 1. The van der Waals surface area contributed by atoms with Crippen LogP contribution < -0.4 is 0 Å². The fourth-order valence-corrected chi connectivity index (χ4v) is 3.10. The van der Waals surface area contributed by atoms with Crippen molar-refractivity contribution in [1.82, 2.24) is 4.31 Å². The van der Waals surface area contributed by atoms with Crippen LogP contribution in [0.1, 0.15) is 12.8 Å². The molecule has 4 nitrogen and oxygen atoms in total. The number of hydrogen-bond acceptors (Lipinski definition) is 3. The zero-order valence-electron chi connectivity index (χ0n) is 10.7. The number of halogens is 3. The Morgan fingerprint density at radius 1 is 1.25 bits per heavy atom. The van der Waals surface area contributed by atoms with Crippen molar-refractivity contribution in [3.05, 3.63) is 29.6 Å². The molecule has 1 aromatic rings. The van der Waals surface area contributed by atoms with Crippen molar-refractivity contribution in [3.63, 3.8) is 0 Å². The molecule has 0 heterocycles. The van der Waals surface area contributed by atoms with Crippen LogP contribution in [0, 0.1) is 23.4 Å². The molecule has 0 radical (unpaired) electrons. The number of aliphatic hydroxyl groups is 1. The van der Waals surface area contributed by atoms with Gasteiger partial charge >= 0.3 is 0 Å². The number of aliphatic hydroxyl groups excluding tert-OH is 1. The zero-order valence-corrected chi connectivity index (χ0v) is 11.5. The van der Waals surface area contributed by atoms with Gasteiger partial charge in [-0.25, -0.2) is 21.6 Å². The summed E-state index contributed by atoms with van der Waals surface area (Å²) in [6.45, 7) is -0.217. The summed E-state index contributed by atoms with van der Waals surface area (Å²) < 4.78 is 64.3. The minimum Gasteiger partial charge on any atom is -0.391 e. The first-order valence-electron chi connectivity index (χ1n) is 6.02. The summed E-state index contributed by atoms with van der Waals surface area (Å²) in [7, 11) is -3.16. The molecule has 2 rings (SSSR count). The van der Waals surface area contributed by atoms with E-state index in [0.29, 0.717) is 6.07 Å². The predicted molar refractivity (Wildman–Crippen MR) is 64.9 cm³/mol. The van der Waals surface area contributed by atoms with Crippen LogP contribution in [0.5, 0.6) is 0 Å². The summed E-state index contributed by atoms with van der Waals surface area (Å²) in [6, 6.07) is 0.493. The molecule has 20 heavy (non-hydrogen) atoms. The first kappa shape index (κ1) is 15.3. The lowest BCUT2D eigenvalue weighted by molar-refractivity contribution is 0.131. The monoisotopic (exact) mass is 309 g/mol. The molecule has 1 fully saturated rings. The van der Waals surface area contributed by atoms with Crippen molar-refractivity contribution in [1.29, 1.82) is 0 Å². The van der Waals surface area contributed by atoms with Crippen molar-refractivity contribution in [2.75, 3.05) is 13.6 Å². The molecule has 0 aliphatic heterocycles. The second kappa shape index (κ2) is 5.34. The van der Waals surface area contributed by atoms with E-state index in [-0.39, 0.29) is 18.5 Å². The van der Waals surface area contributed by atoms with Gasteiger partial charge in [0.25, 0.3) is 0 Å². The van der Waals surface area contributed by atoms with Crippen LogP contribution in [-0.2, 0) is 10.0 Å². The molecule has 1 atom stereocenters. The molecule has 1 aliphatic carbocycles. The van der Waals surface area contributed by atoms with Crippen LogP contribution in [0.15, 0.2) is 17.0 Å². The summed E-state index contributed by atoms with van der Waals surface area (Å²) in [5.74, 6) is -4.22. The Kier molecular flexibility index (Phi) is 4.08. The molecule has 1 N–H and O–H groups in total. The highest BCUT2D eigenvalue weighted by molar-refractivity contribution is 7.89. The smallest absolute Gasteiger partial charge is 0.245 e. The normalized spacial score (nSPS) is 17.5. The molecule has 0 amide bonds. The molecule has 8 heteroatoms. The number of nitrogens with zero attached hydrogens (tertiary/aromatic N) is 1. The molecule has 1 saturated carbocycles. The number of rotatable bonds is 5. The van der Waals surface area contributed by atoms with Crippen molar-refractivity contribution in [2.24, 2.45) is 5.92 Å². The maximum absolute atomic E-state index is 13.5. The summed E-state index contributed by atoms with van der Waals surface area (Å²) >= 11 is 0. The Bertz CT molecular complexity index is 617. The largest absolute Gasteiger partial charge is 0.391 e. The summed E-state index contributed by atoms with van der Waals surface area (Å²) in [6.07, 6.45) is 0.784. The molecule has 0 spiro atoms. The van der Waals surface area contributed by atoms with E-state index in [4.69, 9.17) is 0 Å². The van der Waals surface area contributed by atoms with Gasteiger partial charge in [-0.3, -0.25) is 0 Å². The fourth-order valence-electron chi connectivity index (χ4n) is 1.86. The standard InChI is InChI=1S/C12H14F3NO3S/c1-16(6-11(17)7-2-3-7)20(18,19)12-5-9(14)8(13)4-10(12)15/h4-5,7,11,17H,2-3,6H2,1H3. The van der Waals surface area contributed by atoms with Crippen LogP contribution in [0.2, 0.25) is 0 Å². The summed E-state index contributed by atoms with van der Waals surface area (Å²) in [5.41, 5.74) is 0. The van der Waals surface area contributed by atoms with Gasteiger partial charge in [-0.1, -0.05) is 0 Å². The van der Waals surface area contributed by atoms with Gasteiger partial charge < -0.3 is 5.11 Å². The van der Waals surface area contributed by atoms with Crippen molar-refractivity contribution in [3.8, 4) is 0 Å². The van der Waals surface area contributed by atoms with E-state index in [1.54, 1.807) is 0 Å². The van der Waals surface area contributed by atoms with Crippen molar-refractivity contribution in [2.45, 2.75) is 23.8 Å². The van der Waals surface area contributed by atoms with Crippen molar-refractivity contribution < 1.29 is 26.7 Å². The van der Waals surface area contributed by atoms with Crippen LogP contribution >= 0.6 is 0 Å². The second-order valence-corrected chi connectivity index (χ2v) is 6.90. The first-order chi connectivity index (χ1) is 9.23. The molecule has 0 aromatic heterocycles. The fraction of sp³-hybridized carbons (Fsp3) is 0.500. The molecule has 1 unspecified atom stereocenters. The molecule has 112 valence electrons. The lowest BCUT2D eigenvalue weighted by atomic mass is 10.2. The van der Waals surface area contributed by atoms with E-state index in [2.05, 4.69) is 0 Å². The van der Waals surface area contributed by atoms with E-state index in [1.165, 1.54) is 0 Å². The highest BCUT2D eigenvalue weighted by Gasteiger charge is 2.34. The van der Waals surface area contributed by atoms with Crippen LogP contribution in [0.3, 0.4) is 0 Å². The molecule has 0 saturated heterocycles. The SMILES string of the molecule is CN(CC(O)C1CC1)S(=O)(=O)c1cc(F)c(F)cc1F. The molecular formula is C12H14F3NO3S. The van der Waals surface area contributed by atoms with Gasteiger partial charge in [0.2, 0.25) is 10.0 Å². The molecule has 0 bridgehead atoms. The maximum atomic E-state index is 13.5. The Morgan fingerprint density at radius 3 is 2.35 bits per heavy atom. The van der Waals surface area contributed by atoms with E-state index in [0.717, 1.165) is 24.2 Å². The van der Waals surface area contributed by atoms with E-state index in [1.807, 2.05) is 0 Å². The highest BCUT2D eigenvalue weighted by atomic mass is 32.2. The minimum absolute atomic E-state index is 0.0439. The number of sulfonamides is 1. The van der Waals surface area contributed by atoms with E-state index in [9.17, 15) is 26.7 Å². The summed E-state index contributed by atoms with van der Waals surface area (Å²) in [4.78, 5) is -0.943. The van der Waals surface area contributed by atoms with Gasteiger partial charge in [0.1, 0.15) is 10.7 Å². The lowest BCUT2D eigenvalue weighted by Crippen LogP contribution is -2.35. The van der Waals surface area contributed by atoms with Crippen molar-refractivity contribution >= 4 is 10.0 Å². The van der Waals surface area contributed by atoms with Gasteiger partial charge in [0, 0.05) is 19.7 Å². The quantitative estimate of drug-likeness (QED) is 0.839. The summed E-state index contributed by atoms with van der Waals surface area (Å²) in [5, 5.41) is 9.70. The Hall–Kier alpha value is -1.12. The average molecular weight is 309 g/mol. The minimum atomic E-state index is -4.32. The topological polar surface area (TPSA) is 57.6 Å². The first-order valence-corrected chi connectivity index (χ1v) is 7.46. The van der Waals surface area contributed by atoms with Gasteiger partial charge in [0.05, 0.1) is 6.10 Å². The maximum Gasteiger partial charge on any atom is 0.245 e. The third-order valence-corrected chi connectivity index (χ3v) is 5.11. The van der Waals surface area contributed by atoms with E-state index < -0.39 is 38.5 Å². The highest BCUT2D eigenvalue weighted by Crippen LogP contribution is 2.33. The van der Waals surface area contributed by atoms with Crippen LogP contribution in [0.4, 0.5) is 13.2 Å². The Labute approximate surface area is 114 Å². The molecule has 1 aliphatic rings. The van der Waals surface area contributed by atoms with Gasteiger partial charge in [-0.05, 0) is 24.8 Å². The average Bonchev–Trinajstić information content (AvgIpc) is 3.17. The third-order valence-electron chi connectivity index (χ3n) is 3.27. The number of benzene rings is 1. The Morgan fingerprint density at radius 2 is 1.80 bits per heavy atom. The van der Waals surface area contributed by atoms with Gasteiger partial charge in [0.15, 0.2) is 11.6 Å². The number of hydrogen-bond donors (Lipinski definition) is 1.